The van der Waals surface area contributed by atoms with E-state index in [1.165, 1.54) is 44.8 Å². The molecule has 8 aromatic rings. The molecule has 234 valence electrons. The molecule has 0 amide bonds. The fourth-order valence-corrected chi connectivity index (χ4v) is 8.08. The van der Waals surface area contributed by atoms with Crippen LogP contribution in [0, 0.1) is 0 Å². The number of pyridine rings is 1. The van der Waals surface area contributed by atoms with Gasteiger partial charge in [0, 0.05) is 23.0 Å². The fraction of sp³-hybridized carbons (Fsp3) is 0.0217. The third-order valence-corrected chi connectivity index (χ3v) is 10.2. The van der Waals surface area contributed by atoms with E-state index in [0.717, 1.165) is 33.9 Å². The smallest absolute Gasteiger partial charge is 0.160 e. The lowest BCUT2D eigenvalue weighted by Gasteiger charge is -2.45. The molecule has 0 bridgehead atoms. The molecule has 0 saturated heterocycles. The molecule has 0 atom stereocenters. The Labute approximate surface area is 291 Å². The van der Waals surface area contributed by atoms with Crippen LogP contribution in [0.15, 0.2) is 182 Å². The molecule has 0 unspecified atom stereocenters. The number of aromatic nitrogens is 3. The van der Waals surface area contributed by atoms with E-state index in [2.05, 4.69) is 143 Å². The Balaban J connectivity index is 1.13. The summed E-state index contributed by atoms with van der Waals surface area (Å²) >= 11 is 0. The standard InChI is InChI=1S/C46H30N4/c1-2-14-31(15-3-1)41-30-42(40-22-12-13-29-47-40)49-45(48-41)32-25-27-33(28-26-32)50-43-23-10-8-20-38(43)46(39-21-9-11-24-44(39)50)36-18-6-4-16-34(36)35-17-5-7-19-37(35)46/h1-30H. The van der Waals surface area contributed by atoms with Gasteiger partial charge < -0.3 is 4.90 Å². The van der Waals surface area contributed by atoms with Crippen LogP contribution in [0.1, 0.15) is 22.3 Å². The molecule has 0 radical (unpaired) electrons. The van der Waals surface area contributed by atoms with Crippen LogP contribution >= 0.6 is 0 Å². The van der Waals surface area contributed by atoms with Gasteiger partial charge in [-0.05, 0) is 88.0 Å². The van der Waals surface area contributed by atoms with E-state index < -0.39 is 5.41 Å². The Morgan fingerprint density at radius 2 is 0.940 bits per heavy atom. The van der Waals surface area contributed by atoms with Gasteiger partial charge in [0.2, 0.25) is 0 Å². The first-order valence-electron chi connectivity index (χ1n) is 17.0. The number of para-hydroxylation sites is 2. The van der Waals surface area contributed by atoms with Crippen molar-refractivity contribution in [2.45, 2.75) is 5.41 Å². The van der Waals surface area contributed by atoms with Crippen molar-refractivity contribution < 1.29 is 0 Å². The van der Waals surface area contributed by atoms with Crippen LogP contribution < -0.4 is 4.90 Å². The van der Waals surface area contributed by atoms with Crippen LogP contribution in [0.4, 0.5) is 17.1 Å². The van der Waals surface area contributed by atoms with Gasteiger partial charge in [-0.2, -0.15) is 0 Å². The van der Waals surface area contributed by atoms with E-state index in [-0.39, 0.29) is 0 Å². The lowest BCUT2D eigenvalue weighted by atomic mass is 9.64. The zero-order chi connectivity index (χ0) is 33.1. The largest absolute Gasteiger partial charge is 0.310 e. The molecule has 2 aliphatic rings. The molecule has 4 heteroatoms. The van der Waals surface area contributed by atoms with Crippen molar-refractivity contribution >= 4 is 17.1 Å². The third-order valence-electron chi connectivity index (χ3n) is 10.2. The average Bonchev–Trinajstić information content (AvgIpc) is 3.49. The molecule has 1 spiro atoms. The second-order valence-electron chi connectivity index (χ2n) is 12.8. The summed E-state index contributed by atoms with van der Waals surface area (Å²) in [6.45, 7) is 0. The minimum absolute atomic E-state index is 0.426. The number of anilines is 3. The highest BCUT2D eigenvalue weighted by Crippen LogP contribution is 2.63. The summed E-state index contributed by atoms with van der Waals surface area (Å²) in [5, 5.41) is 0. The van der Waals surface area contributed by atoms with E-state index in [1.807, 2.05) is 42.5 Å². The minimum atomic E-state index is -0.426. The van der Waals surface area contributed by atoms with Crippen molar-refractivity contribution in [1.29, 1.82) is 0 Å². The first kappa shape index (κ1) is 28.4. The van der Waals surface area contributed by atoms with E-state index >= 15 is 0 Å². The molecule has 4 nitrogen and oxygen atoms in total. The van der Waals surface area contributed by atoms with E-state index in [0.29, 0.717) is 5.82 Å². The summed E-state index contributed by atoms with van der Waals surface area (Å²) in [5.74, 6) is 0.663. The lowest BCUT2D eigenvalue weighted by Crippen LogP contribution is -2.36. The maximum Gasteiger partial charge on any atom is 0.160 e. The van der Waals surface area contributed by atoms with Gasteiger partial charge >= 0.3 is 0 Å². The quantitative estimate of drug-likeness (QED) is 0.192. The first-order chi connectivity index (χ1) is 24.8. The van der Waals surface area contributed by atoms with Crippen LogP contribution in [0.3, 0.4) is 0 Å². The predicted molar refractivity (Wildman–Crippen MR) is 202 cm³/mol. The molecule has 1 aliphatic heterocycles. The van der Waals surface area contributed by atoms with Crippen LogP contribution in [-0.2, 0) is 5.41 Å². The van der Waals surface area contributed by atoms with Gasteiger partial charge in [0.15, 0.2) is 5.82 Å². The van der Waals surface area contributed by atoms with Gasteiger partial charge in [-0.1, -0.05) is 121 Å². The van der Waals surface area contributed by atoms with Gasteiger partial charge in [-0.3, -0.25) is 4.98 Å². The summed E-state index contributed by atoms with van der Waals surface area (Å²) in [6.07, 6.45) is 1.80. The van der Waals surface area contributed by atoms with Gasteiger partial charge in [-0.15, -0.1) is 0 Å². The van der Waals surface area contributed by atoms with Crippen molar-refractivity contribution in [3.8, 4) is 45.2 Å². The van der Waals surface area contributed by atoms with Crippen LogP contribution in [0.2, 0.25) is 0 Å². The van der Waals surface area contributed by atoms with E-state index in [9.17, 15) is 0 Å². The van der Waals surface area contributed by atoms with Crippen LogP contribution in [-0.4, -0.2) is 15.0 Å². The van der Waals surface area contributed by atoms with Crippen molar-refractivity contribution in [3.63, 3.8) is 0 Å². The van der Waals surface area contributed by atoms with Gasteiger partial charge in [0.25, 0.3) is 0 Å². The maximum atomic E-state index is 5.05. The lowest BCUT2D eigenvalue weighted by molar-refractivity contribution is 0.752. The highest BCUT2D eigenvalue weighted by Gasteiger charge is 2.51. The van der Waals surface area contributed by atoms with Crippen molar-refractivity contribution in [2.75, 3.05) is 4.90 Å². The van der Waals surface area contributed by atoms with Crippen molar-refractivity contribution in [3.05, 3.63) is 204 Å². The molecular weight excluding hydrogens is 609 g/mol. The second kappa shape index (κ2) is 11.2. The molecule has 1 aliphatic carbocycles. The number of benzene rings is 6. The van der Waals surface area contributed by atoms with Gasteiger partial charge in [0.1, 0.15) is 0 Å². The molecule has 0 saturated carbocycles. The topological polar surface area (TPSA) is 41.9 Å². The molecule has 0 fully saturated rings. The Morgan fingerprint density at radius 3 is 1.56 bits per heavy atom. The molecule has 10 rings (SSSR count). The normalized spacial score (nSPS) is 13.3. The fourth-order valence-electron chi connectivity index (χ4n) is 8.08. The highest BCUT2D eigenvalue weighted by atomic mass is 15.2. The number of nitrogens with zero attached hydrogens (tertiary/aromatic N) is 4. The highest BCUT2D eigenvalue weighted by molar-refractivity contribution is 5.95. The Bertz CT molecular complexity index is 2390. The molecule has 0 N–H and O–H groups in total. The molecule has 6 aromatic carbocycles. The summed E-state index contributed by atoms with van der Waals surface area (Å²) < 4.78 is 0. The third kappa shape index (κ3) is 4.15. The maximum absolute atomic E-state index is 5.05. The number of hydrogen-bond donors (Lipinski definition) is 0. The Hall–Kier alpha value is -6.65. The summed E-state index contributed by atoms with van der Waals surface area (Å²) in [7, 11) is 0. The van der Waals surface area contributed by atoms with Gasteiger partial charge in [-0.25, -0.2) is 9.97 Å². The van der Waals surface area contributed by atoms with E-state index in [1.54, 1.807) is 6.20 Å². The zero-order valence-corrected chi connectivity index (χ0v) is 27.1. The summed E-state index contributed by atoms with van der Waals surface area (Å²) in [4.78, 5) is 17.1. The SMILES string of the molecule is c1ccc(-c2cc(-c3ccccn3)nc(-c3ccc(N4c5ccccc5C5(c6ccccc6-c6ccccc65)c5ccccc54)cc3)n2)cc1. The summed E-state index contributed by atoms with van der Waals surface area (Å²) in [5.41, 5.74) is 15.3. The van der Waals surface area contributed by atoms with Crippen LogP contribution in [0.5, 0.6) is 0 Å². The summed E-state index contributed by atoms with van der Waals surface area (Å²) in [6, 6.07) is 62.5. The number of fused-ring (bicyclic) bond motifs is 9. The monoisotopic (exact) mass is 638 g/mol. The predicted octanol–water partition coefficient (Wildman–Crippen LogP) is 11.0. The van der Waals surface area contributed by atoms with Gasteiger partial charge in [0.05, 0.1) is 33.9 Å². The molecule has 3 heterocycles. The molecule has 50 heavy (non-hydrogen) atoms. The van der Waals surface area contributed by atoms with Crippen LogP contribution in [0.25, 0.3) is 45.2 Å². The second-order valence-corrected chi connectivity index (χ2v) is 12.8. The Kier molecular flexibility index (Phi) is 6.36. The first-order valence-corrected chi connectivity index (χ1v) is 17.0. The minimum Gasteiger partial charge on any atom is -0.310 e. The Morgan fingerprint density at radius 1 is 0.400 bits per heavy atom. The molecule has 2 aromatic heterocycles. The van der Waals surface area contributed by atoms with Crippen molar-refractivity contribution in [1.82, 2.24) is 15.0 Å². The molecular formula is C46H30N4. The van der Waals surface area contributed by atoms with E-state index in [4.69, 9.17) is 9.97 Å². The zero-order valence-electron chi connectivity index (χ0n) is 27.1. The van der Waals surface area contributed by atoms with Crippen molar-refractivity contribution in [2.24, 2.45) is 0 Å². The number of hydrogen-bond acceptors (Lipinski definition) is 4. The average molecular weight is 639 g/mol. The number of rotatable bonds is 4.